The molecule has 4 rings (SSSR count). The smallest absolute Gasteiger partial charge is 0.241 e. The van der Waals surface area contributed by atoms with E-state index in [0.717, 1.165) is 42.4 Å². The molecule has 26 heavy (non-hydrogen) atoms. The number of nitrogens with zero attached hydrogens (tertiary/aromatic N) is 3. The fourth-order valence-corrected chi connectivity index (χ4v) is 2.95. The largest absolute Gasteiger partial charge is 0.437 e. The van der Waals surface area contributed by atoms with Gasteiger partial charge in [0.15, 0.2) is 0 Å². The summed E-state index contributed by atoms with van der Waals surface area (Å²) in [7, 11) is 0. The summed E-state index contributed by atoms with van der Waals surface area (Å²) in [5, 5.41) is 3.25. The van der Waals surface area contributed by atoms with Crippen LogP contribution in [0.4, 0.5) is 11.5 Å². The van der Waals surface area contributed by atoms with Gasteiger partial charge in [0, 0.05) is 36.8 Å². The van der Waals surface area contributed by atoms with E-state index in [1.165, 1.54) is 0 Å². The summed E-state index contributed by atoms with van der Waals surface area (Å²) in [6, 6.07) is 13.5. The molecule has 2 aromatic heterocycles. The predicted molar refractivity (Wildman–Crippen MR) is 98.9 cm³/mol. The second kappa shape index (κ2) is 7.93. The van der Waals surface area contributed by atoms with Gasteiger partial charge in [0.2, 0.25) is 5.88 Å². The third kappa shape index (κ3) is 3.97. The molecule has 1 aliphatic rings. The maximum atomic E-state index is 6.00. The molecule has 0 bridgehead atoms. The first kappa shape index (κ1) is 16.5. The quantitative estimate of drug-likeness (QED) is 0.741. The summed E-state index contributed by atoms with van der Waals surface area (Å²) in [6.45, 7) is 1.49. The van der Waals surface area contributed by atoms with E-state index >= 15 is 0 Å². The minimum Gasteiger partial charge on any atom is -0.437 e. The second-order valence-corrected chi connectivity index (χ2v) is 6.13. The molecule has 1 aromatic carbocycles. The van der Waals surface area contributed by atoms with Crippen LogP contribution >= 0.6 is 0 Å². The van der Waals surface area contributed by atoms with E-state index in [1.807, 2.05) is 42.5 Å². The van der Waals surface area contributed by atoms with Gasteiger partial charge in [-0.15, -0.1) is 0 Å². The molecule has 1 aliphatic heterocycles. The highest BCUT2D eigenvalue weighted by Crippen LogP contribution is 2.32. The summed E-state index contributed by atoms with van der Waals surface area (Å²) in [4.78, 5) is 13.1. The van der Waals surface area contributed by atoms with Crippen LogP contribution in [0.2, 0.25) is 0 Å². The number of aromatic nitrogens is 3. The molecule has 0 saturated carbocycles. The zero-order chi connectivity index (χ0) is 17.6. The van der Waals surface area contributed by atoms with Crippen molar-refractivity contribution < 1.29 is 9.47 Å². The molecule has 1 saturated heterocycles. The van der Waals surface area contributed by atoms with Crippen molar-refractivity contribution in [1.82, 2.24) is 15.0 Å². The normalized spacial score (nSPS) is 16.8. The number of benzene rings is 1. The van der Waals surface area contributed by atoms with Crippen LogP contribution in [-0.4, -0.2) is 28.2 Å². The highest BCUT2D eigenvalue weighted by atomic mass is 16.5. The molecular weight excluding hydrogens is 328 g/mol. The molecule has 1 fully saturated rings. The predicted octanol–water partition coefficient (Wildman–Crippen LogP) is 4.30. The number of nitrogens with one attached hydrogen (secondary N) is 1. The van der Waals surface area contributed by atoms with Gasteiger partial charge in [0.25, 0.3) is 0 Å². The Kier molecular flexibility index (Phi) is 5.02. The lowest BCUT2D eigenvalue weighted by Crippen LogP contribution is -2.17. The minimum absolute atomic E-state index is 0.234. The van der Waals surface area contributed by atoms with Crippen molar-refractivity contribution in [2.75, 3.05) is 18.5 Å². The molecular formula is C20H20N4O2. The number of hydrogen-bond acceptors (Lipinski definition) is 6. The van der Waals surface area contributed by atoms with E-state index in [9.17, 15) is 0 Å². The number of ether oxygens (including phenoxy) is 2. The Bertz CT molecular complexity index is 834. The van der Waals surface area contributed by atoms with Crippen LogP contribution in [0.1, 0.15) is 24.5 Å². The standard InChI is InChI=1S/C20H20N4O2/c1-2-10-21-18(5-1)24-16-6-8-17(9-7-16)26-20-19(22-11-12-23-20)15-4-3-13-25-14-15/h1-2,5-12,15H,3-4,13-14H2,(H,21,24). The van der Waals surface area contributed by atoms with Gasteiger partial charge in [-0.2, -0.15) is 0 Å². The van der Waals surface area contributed by atoms with Gasteiger partial charge in [-0.25, -0.2) is 9.97 Å². The molecule has 6 nitrogen and oxygen atoms in total. The van der Waals surface area contributed by atoms with Gasteiger partial charge in [-0.1, -0.05) is 6.07 Å². The molecule has 1 atom stereocenters. The molecule has 1 unspecified atom stereocenters. The van der Waals surface area contributed by atoms with Gasteiger partial charge < -0.3 is 14.8 Å². The van der Waals surface area contributed by atoms with E-state index < -0.39 is 0 Å². The molecule has 3 aromatic rings. The van der Waals surface area contributed by atoms with Crippen LogP contribution in [0.5, 0.6) is 11.6 Å². The molecule has 3 heterocycles. The van der Waals surface area contributed by atoms with Crippen molar-refractivity contribution in [3.63, 3.8) is 0 Å². The zero-order valence-corrected chi connectivity index (χ0v) is 14.3. The summed E-state index contributed by atoms with van der Waals surface area (Å²) >= 11 is 0. The lowest BCUT2D eigenvalue weighted by atomic mass is 9.98. The second-order valence-electron chi connectivity index (χ2n) is 6.13. The van der Waals surface area contributed by atoms with Gasteiger partial charge >= 0.3 is 0 Å². The van der Waals surface area contributed by atoms with Crippen LogP contribution in [0.3, 0.4) is 0 Å². The monoisotopic (exact) mass is 348 g/mol. The average Bonchev–Trinajstić information content (AvgIpc) is 2.71. The lowest BCUT2D eigenvalue weighted by Gasteiger charge is -2.22. The molecule has 6 heteroatoms. The van der Waals surface area contributed by atoms with E-state index in [0.29, 0.717) is 12.5 Å². The lowest BCUT2D eigenvalue weighted by molar-refractivity contribution is 0.0784. The van der Waals surface area contributed by atoms with Gasteiger partial charge in [0.1, 0.15) is 17.3 Å². The topological polar surface area (TPSA) is 69.2 Å². The van der Waals surface area contributed by atoms with Crippen LogP contribution < -0.4 is 10.1 Å². The Labute approximate surface area is 152 Å². The number of pyridine rings is 1. The van der Waals surface area contributed by atoms with Gasteiger partial charge in [-0.3, -0.25) is 4.98 Å². The number of anilines is 2. The van der Waals surface area contributed by atoms with E-state index in [1.54, 1.807) is 18.6 Å². The Hall–Kier alpha value is -2.99. The van der Waals surface area contributed by atoms with Crippen molar-refractivity contribution in [2.24, 2.45) is 0 Å². The van der Waals surface area contributed by atoms with Gasteiger partial charge in [-0.05, 0) is 49.2 Å². The molecule has 0 aliphatic carbocycles. The van der Waals surface area contributed by atoms with Crippen LogP contribution in [0, 0.1) is 0 Å². The first-order chi connectivity index (χ1) is 12.9. The minimum atomic E-state index is 0.234. The van der Waals surface area contributed by atoms with Gasteiger partial charge in [0.05, 0.1) is 6.61 Å². The van der Waals surface area contributed by atoms with E-state index in [2.05, 4.69) is 20.3 Å². The maximum Gasteiger partial charge on any atom is 0.241 e. The van der Waals surface area contributed by atoms with Crippen molar-refractivity contribution in [3.8, 4) is 11.6 Å². The Morgan fingerprint density at radius 1 is 0.962 bits per heavy atom. The number of rotatable bonds is 5. The first-order valence-corrected chi connectivity index (χ1v) is 8.73. The SMILES string of the molecule is c1ccc(Nc2ccc(Oc3nccnc3C3CCCOC3)cc2)nc1. The van der Waals surface area contributed by atoms with Crippen LogP contribution in [0.25, 0.3) is 0 Å². The van der Waals surface area contributed by atoms with E-state index in [4.69, 9.17) is 9.47 Å². The summed E-state index contributed by atoms with van der Waals surface area (Å²) in [5.74, 6) is 2.30. The van der Waals surface area contributed by atoms with Crippen molar-refractivity contribution in [2.45, 2.75) is 18.8 Å². The Morgan fingerprint density at radius 2 is 1.85 bits per heavy atom. The van der Waals surface area contributed by atoms with Crippen molar-refractivity contribution >= 4 is 11.5 Å². The fourth-order valence-electron chi connectivity index (χ4n) is 2.95. The zero-order valence-electron chi connectivity index (χ0n) is 14.3. The number of hydrogen-bond donors (Lipinski definition) is 1. The van der Waals surface area contributed by atoms with Crippen LogP contribution in [0.15, 0.2) is 61.1 Å². The molecule has 0 amide bonds. The highest BCUT2D eigenvalue weighted by molar-refractivity contribution is 5.57. The molecule has 132 valence electrons. The third-order valence-electron chi connectivity index (χ3n) is 4.24. The summed E-state index contributed by atoms with van der Waals surface area (Å²) in [6.07, 6.45) is 7.19. The van der Waals surface area contributed by atoms with E-state index in [-0.39, 0.29) is 5.92 Å². The Balaban J connectivity index is 1.47. The highest BCUT2D eigenvalue weighted by Gasteiger charge is 2.22. The maximum absolute atomic E-state index is 6.00. The molecule has 0 spiro atoms. The summed E-state index contributed by atoms with van der Waals surface area (Å²) in [5.41, 5.74) is 1.80. The van der Waals surface area contributed by atoms with Crippen molar-refractivity contribution in [1.29, 1.82) is 0 Å². The molecule has 1 N–H and O–H groups in total. The van der Waals surface area contributed by atoms with Crippen molar-refractivity contribution in [3.05, 3.63) is 66.7 Å². The Morgan fingerprint density at radius 3 is 2.62 bits per heavy atom. The molecule has 0 radical (unpaired) electrons. The summed E-state index contributed by atoms with van der Waals surface area (Å²) < 4.78 is 11.6. The first-order valence-electron chi connectivity index (χ1n) is 8.73. The third-order valence-corrected chi connectivity index (χ3v) is 4.24. The van der Waals surface area contributed by atoms with Crippen LogP contribution in [-0.2, 0) is 4.74 Å². The average molecular weight is 348 g/mol. The fraction of sp³-hybridized carbons (Fsp3) is 0.250.